The van der Waals surface area contributed by atoms with Crippen LogP contribution in [-0.4, -0.2) is 20.8 Å². The van der Waals surface area contributed by atoms with Gasteiger partial charge in [0.2, 0.25) is 0 Å². The lowest BCUT2D eigenvalue weighted by Crippen LogP contribution is -2.17. The zero-order valence-electron chi connectivity index (χ0n) is 8.29. The number of benzene rings is 1. The van der Waals surface area contributed by atoms with Crippen LogP contribution in [0, 0.1) is 5.82 Å². The van der Waals surface area contributed by atoms with E-state index >= 15 is 0 Å². The van der Waals surface area contributed by atoms with Gasteiger partial charge in [0, 0.05) is 12.7 Å². The molecule has 0 aliphatic heterocycles. The first kappa shape index (κ1) is 10.9. The van der Waals surface area contributed by atoms with E-state index in [4.69, 9.17) is 15.2 Å². The van der Waals surface area contributed by atoms with Gasteiger partial charge in [-0.1, -0.05) is 12.1 Å². The molecule has 0 bridgehead atoms. The van der Waals surface area contributed by atoms with Gasteiger partial charge in [-0.05, 0) is 6.07 Å². The lowest BCUT2D eigenvalue weighted by atomic mass is 10.1. The third kappa shape index (κ3) is 2.21. The number of hydrogen-bond acceptors (Lipinski definition) is 3. The molecule has 0 spiro atoms. The van der Waals surface area contributed by atoms with Crippen LogP contribution in [0.2, 0.25) is 0 Å². The summed E-state index contributed by atoms with van der Waals surface area (Å²) in [6.45, 7) is 0.333. The molecular weight excluding hydrogens is 185 g/mol. The summed E-state index contributed by atoms with van der Waals surface area (Å²) in [6.07, 6.45) is 0. The van der Waals surface area contributed by atoms with Crippen molar-refractivity contribution in [2.75, 3.05) is 20.8 Å². The zero-order chi connectivity index (χ0) is 10.6. The molecule has 0 fully saturated rings. The van der Waals surface area contributed by atoms with Gasteiger partial charge in [0.25, 0.3) is 0 Å². The van der Waals surface area contributed by atoms with Gasteiger partial charge in [-0.15, -0.1) is 0 Å². The van der Waals surface area contributed by atoms with Gasteiger partial charge >= 0.3 is 0 Å². The molecule has 0 saturated heterocycles. The average Bonchev–Trinajstić information content (AvgIpc) is 2.17. The van der Waals surface area contributed by atoms with Gasteiger partial charge in [0.05, 0.1) is 19.8 Å². The molecular formula is C10H14FNO2. The van der Waals surface area contributed by atoms with Gasteiger partial charge in [0.15, 0.2) is 11.6 Å². The summed E-state index contributed by atoms with van der Waals surface area (Å²) in [5, 5.41) is 0. The minimum Gasteiger partial charge on any atom is -0.493 e. The summed E-state index contributed by atoms with van der Waals surface area (Å²) >= 11 is 0. The molecule has 4 heteroatoms. The predicted octanol–water partition coefficient (Wildman–Crippen LogP) is 1.48. The normalized spacial score (nSPS) is 12.6. The highest BCUT2D eigenvalue weighted by molar-refractivity contribution is 5.37. The fourth-order valence-electron chi connectivity index (χ4n) is 1.30. The molecule has 0 aromatic heterocycles. The molecule has 0 unspecified atom stereocenters. The van der Waals surface area contributed by atoms with Crippen LogP contribution in [0.25, 0.3) is 0 Å². The van der Waals surface area contributed by atoms with Crippen LogP contribution < -0.4 is 10.5 Å². The van der Waals surface area contributed by atoms with E-state index in [1.165, 1.54) is 13.2 Å². The fourth-order valence-corrected chi connectivity index (χ4v) is 1.30. The molecule has 3 nitrogen and oxygen atoms in total. The molecule has 0 heterocycles. The van der Waals surface area contributed by atoms with Crippen molar-refractivity contribution in [3.8, 4) is 5.75 Å². The van der Waals surface area contributed by atoms with Crippen molar-refractivity contribution in [3.63, 3.8) is 0 Å². The molecule has 1 atom stereocenters. The first-order chi connectivity index (χ1) is 6.70. The number of methoxy groups -OCH3 is 2. The molecule has 1 rings (SSSR count). The number of hydrogen-bond donors (Lipinski definition) is 1. The quantitative estimate of drug-likeness (QED) is 0.798. The van der Waals surface area contributed by atoms with Crippen LogP contribution in [0.1, 0.15) is 11.6 Å². The van der Waals surface area contributed by atoms with Crippen LogP contribution in [0.4, 0.5) is 4.39 Å². The van der Waals surface area contributed by atoms with E-state index in [1.54, 1.807) is 19.2 Å². The maximum absolute atomic E-state index is 13.2. The molecule has 2 N–H and O–H groups in total. The Balaban J connectivity index is 3.00. The van der Waals surface area contributed by atoms with Crippen molar-refractivity contribution >= 4 is 0 Å². The molecule has 0 radical (unpaired) electrons. The highest BCUT2D eigenvalue weighted by Gasteiger charge is 2.14. The molecule has 78 valence electrons. The Labute approximate surface area is 82.6 Å². The molecule has 1 aromatic rings. The topological polar surface area (TPSA) is 44.5 Å². The van der Waals surface area contributed by atoms with Crippen molar-refractivity contribution in [2.24, 2.45) is 5.73 Å². The largest absolute Gasteiger partial charge is 0.493 e. The Bertz CT molecular complexity index is 304. The Morgan fingerprint density at radius 2 is 2.14 bits per heavy atom. The van der Waals surface area contributed by atoms with Gasteiger partial charge in [0.1, 0.15) is 0 Å². The smallest absolute Gasteiger partial charge is 0.165 e. The molecule has 0 amide bonds. The van der Waals surface area contributed by atoms with Gasteiger partial charge in [-0.2, -0.15) is 0 Å². The molecule has 0 aliphatic carbocycles. The van der Waals surface area contributed by atoms with Crippen molar-refractivity contribution in [3.05, 3.63) is 29.6 Å². The van der Waals surface area contributed by atoms with E-state index in [-0.39, 0.29) is 11.8 Å². The molecule has 1 aromatic carbocycles. The van der Waals surface area contributed by atoms with Gasteiger partial charge in [-0.25, -0.2) is 4.39 Å². The standard InChI is InChI=1S/C10H14FNO2/c1-13-6-9(12)7-4-3-5-8(11)10(7)14-2/h3-5,9H,6,12H2,1-2H3/t9-/m0/s1. The summed E-state index contributed by atoms with van der Waals surface area (Å²) in [5.41, 5.74) is 6.40. The minimum absolute atomic E-state index is 0.192. The van der Waals surface area contributed by atoms with Crippen LogP contribution >= 0.6 is 0 Å². The SMILES string of the molecule is COC[C@H](N)c1cccc(F)c1OC. The molecule has 0 aliphatic rings. The summed E-state index contributed by atoms with van der Waals surface area (Å²) in [7, 11) is 2.97. The van der Waals surface area contributed by atoms with Crippen LogP contribution in [0.5, 0.6) is 5.75 Å². The minimum atomic E-state index is -0.406. The first-order valence-corrected chi connectivity index (χ1v) is 4.27. The highest BCUT2D eigenvalue weighted by atomic mass is 19.1. The number of para-hydroxylation sites is 1. The Kier molecular flexibility index (Phi) is 3.85. The third-order valence-electron chi connectivity index (χ3n) is 1.95. The van der Waals surface area contributed by atoms with E-state index in [2.05, 4.69) is 0 Å². The first-order valence-electron chi connectivity index (χ1n) is 4.27. The van der Waals surface area contributed by atoms with E-state index in [9.17, 15) is 4.39 Å². The summed E-state index contributed by atoms with van der Waals surface area (Å²) in [6, 6.07) is 4.29. The highest BCUT2D eigenvalue weighted by Crippen LogP contribution is 2.26. The summed E-state index contributed by atoms with van der Waals surface area (Å²) in [4.78, 5) is 0. The Morgan fingerprint density at radius 1 is 1.43 bits per heavy atom. The van der Waals surface area contributed by atoms with Crippen molar-refractivity contribution in [1.29, 1.82) is 0 Å². The molecule has 14 heavy (non-hydrogen) atoms. The second-order valence-electron chi connectivity index (χ2n) is 2.92. The third-order valence-corrected chi connectivity index (χ3v) is 1.95. The van der Waals surface area contributed by atoms with Gasteiger partial charge < -0.3 is 15.2 Å². The Hall–Kier alpha value is -1.13. The second-order valence-corrected chi connectivity index (χ2v) is 2.92. The van der Waals surface area contributed by atoms with Crippen molar-refractivity contribution in [2.45, 2.75) is 6.04 Å². The molecule has 0 saturated carbocycles. The second kappa shape index (κ2) is 4.93. The van der Waals surface area contributed by atoms with Crippen LogP contribution in [0.15, 0.2) is 18.2 Å². The number of halogens is 1. The zero-order valence-corrected chi connectivity index (χ0v) is 8.29. The van der Waals surface area contributed by atoms with Crippen LogP contribution in [-0.2, 0) is 4.74 Å². The number of rotatable bonds is 4. The Morgan fingerprint density at radius 3 is 2.71 bits per heavy atom. The van der Waals surface area contributed by atoms with E-state index in [1.807, 2.05) is 0 Å². The maximum Gasteiger partial charge on any atom is 0.165 e. The fraction of sp³-hybridized carbons (Fsp3) is 0.400. The monoisotopic (exact) mass is 199 g/mol. The number of nitrogens with two attached hydrogens (primary N) is 1. The maximum atomic E-state index is 13.2. The average molecular weight is 199 g/mol. The van der Waals surface area contributed by atoms with E-state index in [0.717, 1.165) is 0 Å². The van der Waals surface area contributed by atoms with Crippen molar-refractivity contribution < 1.29 is 13.9 Å². The van der Waals surface area contributed by atoms with Gasteiger partial charge in [-0.3, -0.25) is 0 Å². The van der Waals surface area contributed by atoms with Crippen molar-refractivity contribution in [1.82, 2.24) is 0 Å². The van der Waals surface area contributed by atoms with E-state index < -0.39 is 5.82 Å². The van der Waals surface area contributed by atoms with Crippen LogP contribution in [0.3, 0.4) is 0 Å². The summed E-state index contributed by atoms with van der Waals surface area (Å²) in [5.74, 6) is -0.214. The number of ether oxygens (including phenoxy) is 2. The lowest BCUT2D eigenvalue weighted by Gasteiger charge is -2.14. The summed E-state index contributed by atoms with van der Waals surface area (Å²) < 4.78 is 23.1. The lowest BCUT2D eigenvalue weighted by molar-refractivity contribution is 0.179. The van der Waals surface area contributed by atoms with E-state index in [0.29, 0.717) is 12.2 Å². The predicted molar refractivity (Wildman–Crippen MR) is 51.8 cm³/mol.